The van der Waals surface area contributed by atoms with Gasteiger partial charge in [-0.1, -0.05) is 63.3 Å². The molecule has 0 unspecified atom stereocenters. The molecule has 0 atom stereocenters. The maximum Gasteiger partial charge on any atom is 0.334 e. The summed E-state index contributed by atoms with van der Waals surface area (Å²) in [7, 11) is 0. The molecule has 108 valence electrons. The van der Waals surface area contributed by atoms with Crippen molar-refractivity contribution in [1.82, 2.24) is 0 Å². The van der Waals surface area contributed by atoms with Gasteiger partial charge in [0.05, 0.1) is 6.61 Å². The predicted octanol–water partition coefficient (Wildman–Crippen LogP) is 4.53. The zero-order chi connectivity index (χ0) is 14.2. The Bertz CT molecular complexity index is 474. The quantitative estimate of drug-likeness (QED) is 0.513. The number of unbranched alkanes of at least 4 members (excludes halogenated alkanes) is 5. The molecule has 0 aromatic heterocycles. The minimum atomic E-state index is -0.144. The van der Waals surface area contributed by atoms with Crippen LogP contribution >= 0.6 is 0 Å². The molecule has 1 aromatic carbocycles. The molecule has 0 saturated carbocycles. The zero-order valence-electron chi connectivity index (χ0n) is 12.4. The van der Waals surface area contributed by atoms with Gasteiger partial charge >= 0.3 is 5.97 Å². The van der Waals surface area contributed by atoms with Gasteiger partial charge in [0.2, 0.25) is 0 Å². The Morgan fingerprint density at radius 1 is 1.10 bits per heavy atom. The summed E-state index contributed by atoms with van der Waals surface area (Å²) in [6.45, 7) is 2.77. The summed E-state index contributed by atoms with van der Waals surface area (Å²) in [6, 6.07) is 8.13. The highest BCUT2D eigenvalue weighted by atomic mass is 16.5. The van der Waals surface area contributed by atoms with Gasteiger partial charge in [0.25, 0.3) is 0 Å². The van der Waals surface area contributed by atoms with Crippen LogP contribution in [-0.2, 0) is 16.0 Å². The first kappa shape index (κ1) is 14.8. The van der Waals surface area contributed by atoms with Crippen molar-refractivity contribution in [3.8, 4) is 0 Å². The molecular weight excluding hydrogens is 248 g/mol. The standard InChI is InChI=1S/C18H24O2/c1-2-3-4-5-6-9-12-20-18(19)17-13-15-10-7-8-11-16(15)14-17/h7-8,10-11,13H,2-6,9,12,14H2,1H3. The van der Waals surface area contributed by atoms with Crippen molar-refractivity contribution in [3.63, 3.8) is 0 Å². The van der Waals surface area contributed by atoms with Gasteiger partial charge in [-0.15, -0.1) is 0 Å². The van der Waals surface area contributed by atoms with Crippen molar-refractivity contribution in [1.29, 1.82) is 0 Å². The number of hydrogen-bond donors (Lipinski definition) is 0. The van der Waals surface area contributed by atoms with Crippen molar-refractivity contribution in [3.05, 3.63) is 41.0 Å². The summed E-state index contributed by atoms with van der Waals surface area (Å²) in [5.41, 5.74) is 3.16. The average molecular weight is 272 g/mol. The molecule has 2 nitrogen and oxygen atoms in total. The Balaban J connectivity index is 1.65. The van der Waals surface area contributed by atoms with Crippen molar-refractivity contribution in [2.45, 2.75) is 51.9 Å². The van der Waals surface area contributed by atoms with E-state index in [1.54, 1.807) is 0 Å². The smallest absolute Gasteiger partial charge is 0.334 e. The molecule has 0 N–H and O–H groups in total. The first-order valence-electron chi connectivity index (χ1n) is 7.77. The minimum absolute atomic E-state index is 0.144. The number of rotatable bonds is 8. The third-order valence-electron chi connectivity index (χ3n) is 3.76. The lowest BCUT2D eigenvalue weighted by molar-refractivity contribution is -0.139. The van der Waals surface area contributed by atoms with Crippen LogP contribution in [0.25, 0.3) is 6.08 Å². The predicted molar refractivity (Wildman–Crippen MR) is 82.5 cm³/mol. The first-order chi connectivity index (χ1) is 9.81. The van der Waals surface area contributed by atoms with E-state index in [-0.39, 0.29) is 5.97 Å². The van der Waals surface area contributed by atoms with Gasteiger partial charge in [-0.2, -0.15) is 0 Å². The van der Waals surface area contributed by atoms with E-state index >= 15 is 0 Å². The highest BCUT2D eigenvalue weighted by Crippen LogP contribution is 2.25. The van der Waals surface area contributed by atoms with Crippen LogP contribution in [0, 0.1) is 0 Å². The highest BCUT2D eigenvalue weighted by molar-refractivity contribution is 5.96. The fraction of sp³-hybridized carbons (Fsp3) is 0.500. The van der Waals surface area contributed by atoms with E-state index in [2.05, 4.69) is 13.0 Å². The molecule has 0 spiro atoms. The fourth-order valence-electron chi connectivity index (χ4n) is 2.55. The van der Waals surface area contributed by atoms with Crippen LogP contribution in [-0.4, -0.2) is 12.6 Å². The van der Waals surface area contributed by atoms with Crippen LogP contribution < -0.4 is 0 Å². The fourth-order valence-corrected chi connectivity index (χ4v) is 2.55. The summed E-state index contributed by atoms with van der Waals surface area (Å²) in [5.74, 6) is -0.144. The van der Waals surface area contributed by atoms with E-state index in [1.165, 1.54) is 31.2 Å². The van der Waals surface area contributed by atoms with E-state index in [0.717, 1.165) is 24.0 Å². The number of hydrogen-bond acceptors (Lipinski definition) is 2. The highest BCUT2D eigenvalue weighted by Gasteiger charge is 2.18. The van der Waals surface area contributed by atoms with Crippen LogP contribution in [0.4, 0.5) is 0 Å². The second-order valence-electron chi connectivity index (χ2n) is 5.45. The summed E-state index contributed by atoms with van der Waals surface area (Å²) in [6.07, 6.45) is 9.94. The van der Waals surface area contributed by atoms with E-state index in [0.29, 0.717) is 13.0 Å². The summed E-state index contributed by atoms with van der Waals surface area (Å²) < 4.78 is 5.36. The number of carbonyl (C=O) groups is 1. The Labute approximate surface area is 121 Å². The van der Waals surface area contributed by atoms with Gasteiger partial charge in [0.15, 0.2) is 0 Å². The van der Waals surface area contributed by atoms with E-state index in [4.69, 9.17) is 4.74 Å². The SMILES string of the molecule is CCCCCCCCOC(=O)C1=Cc2ccccc2C1. The average Bonchev–Trinajstić information content (AvgIpc) is 2.90. The molecule has 0 aliphatic heterocycles. The first-order valence-corrected chi connectivity index (χ1v) is 7.77. The molecule has 0 heterocycles. The lowest BCUT2D eigenvalue weighted by Gasteiger charge is -2.05. The van der Waals surface area contributed by atoms with Crippen molar-refractivity contribution in [2.75, 3.05) is 6.61 Å². The van der Waals surface area contributed by atoms with Crippen molar-refractivity contribution >= 4 is 12.0 Å². The normalized spacial score (nSPS) is 12.9. The molecule has 2 heteroatoms. The maximum absolute atomic E-state index is 12.0. The van der Waals surface area contributed by atoms with Gasteiger partial charge in [-0.3, -0.25) is 0 Å². The molecule has 1 aromatic rings. The second-order valence-corrected chi connectivity index (χ2v) is 5.45. The van der Waals surface area contributed by atoms with Gasteiger partial charge in [0.1, 0.15) is 0 Å². The van der Waals surface area contributed by atoms with Gasteiger partial charge in [-0.25, -0.2) is 4.79 Å². The van der Waals surface area contributed by atoms with Crippen LogP contribution in [0.5, 0.6) is 0 Å². The summed E-state index contributed by atoms with van der Waals surface area (Å²) >= 11 is 0. The van der Waals surface area contributed by atoms with E-state index in [1.807, 2.05) is 24.3 Å². The lowest BCUT2D eigenvalue weighted by atomic mass is 10.1. The number of ether oxygens (including phenoxy) is 1. The number of carbonyl (C=O) groups excluding carboxylic acids is 1. The van der Waals surface area contributed by atoms with E-state index < -0.39 is 0 Å². The van der Waals surface area contributed by atoms with Crippen molar-refractivity contribution < 1.29 is 9.53 Å². The van der Waals surface area contributed by atoms with Gasteiger partial charge in [0, 0.05) is 12.0 Å². The van der Waals surface area contributed by atoms with Crippen LogP contribution in [0.2, 0.25) is 0 Å². The molecular formula is C18H24O2. The molecule has 0 amide bonds. The Morgan fingerprint density at radius 3 is 2.65 bits per heavy atom. The Hall–Kier alpha value is -1.57. The maximum atomic E-state index is 12.0. The van der Waals surface area contributed by atoms with Crippen LogP contribution in [0.3, 0.4) is 0 Å². The third-order valence-corrected chi connectivity index (χ3v) is 3.76. The van der Waals surface area contributed by atoms with Gasteiger partial charge < -0.3 is 4.74 Å². The largest absolute Gasteiger partial charge is 0.462 e. The molecule has 0 radical (unpaired) electrons. The molecule has 20 heavy (non-hydrogen) atoms. The third kappa shape index (κ3) is 4.22. The minimum Gasteiger partial charge on any atom is -0.462 e. The second kappa shape index (κ2) is 7.88. The monoisotopic (exact) mass is 272 g/mol. The molecule has 0 fully saturated rings. The van der Waals surface area contributed by atoms with Crippen molar-refractivity contribution in [2.24, 2.45) is 0 Å². The molecule has 1 aliphatic carbocycles. The Morgan fingerprint density at radius 2 is 1.85 bits per heavy atom. The van der Waals surface area contributed by atoms with Crippen LogP contribution in [0.15, 0.2) is 29.8 Å². The molecule has 2 rings (SSSR count). The number of fused-ring (bicyclic) bond motifs is 1. The molecule has 1 aliphatic rings. The molecule has 0 bridgehead atoms. The van der Waals surface area contributed by atoms with Gasteiger partial charge in [-0.05, 0) is 23.6 Å². The topological polar surface area (TPSA) is 26.3 Å². The summed E-state index contributed by atoms with van der Waals surface area (Å²) in [5, 5.41) is 0. The lowest BCUT2D eigenvalue weighted by Crippen LogP contribution is -2.09. The Kier molecular flexibility index (Phi) is 5.85. The number of esters is 1. The summed E-state index contributed by atoms with van der Waals surface area (Å²) in [4.78, 5) is 12.0. The van der Waals surface area contributed by atoms with Crippen LogP contribution in [0.1, 0.15) is 56.6 Å². The zero-order valence-corrected chi connectivity index (χ0v) is 12.4. The molecule has 0 saturated heterocycles. The number of benzene rings is 1. The van der Waals surface area contributed by atoms with E-state index in [9.17, 15) is 4.79 Å².